The summed E-state index contributed by atoms with van der Waals surface area (Å²) in [6, 6.07) is 2.61. The Morgan fingerprint density at radius 2 is 2.00 bits per heavy atom. The molecule has 1 unspecified atom stereocenters. The van der Waals surface area contributed by atoms with Crippen LogP contribution in [0.15, 0.2) is 18.3 Å². The van der Waals surface area contributed by atoms with Crippen LogP contribution < -0.4 is 0 Å². The molecule has 1 atom stereocenters. The zero-order chi connectivity index (χ0) is 10.1. The lowest BCUT2D eigenvalue weighted by Gasteiger charge is -2.13. The molecule has 2 nitrogen and oxygen atoms in total. The molecule has 0 saturated heterocycles. The van der Waals surface area contributed by atoms with E-state index in [0.29, 0.717) is 0 Å². The fourth-order valence-electron chi connectivity index (χ4n) is 0.717. The first-order valence-electron chi connectivity index (χ1n) is 3.27. The van der Waals surface area contributed by atoms with Crippen LogP contribution in [-0.4, -0.2) is 16.3 Å². The van der Waals surface area contributed by atoms with Gasteiger partial charge in [-0.15, -0.1) is 0 Å². The maximum atomic E-state index is 11.9. The highest BCUT2D eigenvalue weighted by Gasteiger charge is 2.40. The minimum atomic E-state index is -4.65. The van der Waals surface area contributed by atoms with Crippen molar-refractivity contribution in [1.82, 2.24) is 4.98 Å². The van der Waals surface area contributed by atoms with Gasteiger partial charge in [0, 0.05) is 9.77 Å². The van der Waals surface area contributed by atoms with Gasteiger partial charge in [-0.3, -0.25) is 4.98 Å². The third kappa shape index (κ3) is 2.80. The monoisotopic (exact) mass is 303 g/mol. The van der Waals surface area contributed by atoms with Gasteiger partial charge in [-0.05, 0) is 34.7 Å². The molecule has 6 heteroatoms. The molecular weight excluding hydrogens is 298 g/mol. The quantitative estimate of drug-likeness (QED) is 0.808. The van der Waals surface area contributed by atoms with E-state index in [1.54, 1.807) is 0 Å². The molecule has 1 aromatic rings. The van der Waals surface area contributed by atoms with Crippen molar-refractivity contribution < 1.29 is 18.3 Å². The number of alkyl halides is 3. The Kier molecular flexibility index (Phi) is 3.12. The summed E-state index contributed by atoms with van der Waals surface area (Å²) < 4.78 is 36.5. The molecule has 0 spiro atoms. The lowest BCUT2D eigenvalue weighted by Crippen LogP contribution is -2.21. The summed E-state index contributed by atoms with van der Waals surface area (Å²) in [6.07, 6.45) is -5.88. The second-order valence-electron chi connectivity index (χ2n) is 2.35. The predicted molar refractivity (Wildman–Crippen MR) is 48.0 cm³/mol. The van der Waals surface area contributed by atoms with Crippen LogP contribution in [0.3, 0.4) is 0 Å². The maximum absolute atomic E-state index is 11.9. The highest BCUT2D eigenvalue weighted by atomic mass is 127. The summed E-state index contributed by atoms with van der Waals surface area (Å²) in [5.74, 6) is 0. The summed E-state index contributed by atoms with van der Waals surface area (Å²) >= 11 is 1.92. The Balaban J connectivity index is 2.90. The van der Waals surface area contributed by atoms with Gasteiger partial charge in [-0.1, -0.05) is 0 Å². The van der Waals surface area contributed by atoms with Crippen LogP contribution in [0.2, 0.25) is 0 Å². The fraction of sp³-hybridized carbons (Fsp3) is 0.286. The van der Waals surface area contributed by atoms with E-state index in [-0.39, 0.29) is 5.69 Å². The van der Waals surface area contributed by atoms with E-state index in [4.69, 9.17) is 5.11 Å². The molecular formula is C7H5F3INO. The molecule has 0 saturated carbocycles. The third-order valence-electron chi connectivity index (χ3n) is 1.34. The Hall–Kier alpha value is -0.370. The van der Waals surface area contributed by atoms with E-state index >= 15 is 0 Å². The molecule has 0 aliphatic heterocycles. The largest absolute Gasteiger partial charge is 0.420 e. The SMILES string of the molecule is OC(c1ccc(I)cn1)C(F)(F)F. The van der Waals surface area contributed by atoms with Gasteiger partial charge in [0.2, 0.25) is 0 Å². The summed E-state index contributed by atoms with van der Waals surface area (Å²) in [5, 5.41) is 8.76. The van der Waals surface area contributed by atoms with Crippen molar-refractivity contribution >= 4 is 22.6 Å². The van der Waals surface area contributed by atoms with Gasteiger partial charge in [-0.25, -0.2) is 0 Å². The average molecular weight is 303 g/mol. The average Bonchev–Trinajstić information content (AvgIpc) is 2.03. The normalized spacial score (nSPS) is 14.2. The number of rotatable bonds is 1. The molecule has 0 amide bonds. The minimum Gasteiger partial charge on any atom is -0.378 e. The van der Waals surface area contributed by atoms with Crippen LogP contribution in [-0.2, 0) is 0 Å². The van der Waals surface area contributed by atoms with Crippen molar-refractivity contribution in [3.05, 3.63) is 27.6 Å². The van der Waals surface area contributed by atoms with E-state index in [0.717, 1.165) is 9.64 Å². The molecule has 0 aliphatic carbocycles. The molecule has 0 aromatic carbocycles. The highest BCUT2D eigenvalue weighted by Crippen LogP contribution is 2.31. The Morgan fingerprint density at radius 3 is 2.38 bits per heavy atom. The van der Waals surface area contributed by atoms with Gasteiger partial charge in [-0.2, -0.15) is 13.2 Å². The third-order valence-corrected chi connectivity index (χ3v) is 1.98. The first-order chi connectivity index (χ1) is 5.91. The Bertz CT molecular complexity index is 285. The predicted octanol–water partition coefficient (Wildman–Crippen LogP) is 2.28. The molecule has 0 radical (unpaired) electrons. The number of aliphatic hydroxyl groups is 1. The van der Waals surface area contributed by atoms with Crippen molar-refractivity contribution in [2.24, 2.45) is 0 Å². The Morgan fingerprint density at radius 1 is 1.38 bits per heavy atom. The van der Waals surface area contributed by atoms with Crippen molar-refractivity contribution in [1.29, 1.82) is 0 Å². The van der Waals surface area contributed by atoms with Crippen molar-refractivity contribution in [3.8, 4) is 0 Å². The van der Waals surface area contributed by atoms with Crippen LogP contribution >= 0.6 is 22.6 Å². The van der Waals surface area contributed by atoms with Crippen LogP contribution in [0.1, 0.15) is 11.8 Å². The molecule has 0 fully saturated rings. The van der Waals surface area contributed by atoms with Crippen molar-refractivity contribution in [2.45, 2.75) is 12.3 Å². The van der Waals surface area contributed by atoms with Gasteiger partial charge < -0.3 is 5.11 Å². The molecule has 0 aliphatic rings. The number of pyridine rings is 1. The fourth-order valence-corrected chi connectivity index (χ4v) is 1.04. The summed E-state index contributed by atoms with van der Waals surface area (Å²) in [7, 11) is 0. The molecule has 1 heterocycles. The summed E-state index contributed by atoms with van der Waals surface area (Å²) in [4.78, 5) is 3.47. The van der Waals surface area contributed by atoms with E-state index in [9.17, 15) is 13.2 Å². The number of halogens is 4. The number of hydrogen-bond acceptors (Lipinski definition) is 2. The van der Waals surface area contributed by atoms with E-state index < -0.39 is 12.3 Å². The van der Waals surface area contributed by atoms with Gasteiger partial charge in [0.1, 0.15) is 0 Å². The number of aliphatic hydroxyl groups excluding tert-OH is 1. The number of aromatic nitrogens is 1. The smallest absolute Gasteiger partial charge is 0.378 e. The maximum Gasteiger partial charge on any atom is 0.420 e. The first-order valence-corrected chi connectivity index (χ1v) is 4.35. The van der Waals surface area contributed by atoms with Gasteiger partial charge >= 0.3 is 6.18 Å². The molecule has 1 N–H and O–H groups in total. The lowest BCUT2D eigenvalue weighted by molar-refractivity contribution is -0.207. The molecule has 72 valence electrons. The van der Waals surface area contributed by atoms with Crippen molar-refractivity contribution in [2.75, 3.05) is 0 Å². The van der Waals surface area contributed by atoms with Gasteiger partial charge in [0.05, 0.1) is 5.69 Å². The topological polar surface area (TPSA) is 33.1 Å². The van der Waals surface area contributed by atoms with Crippen LogP contribution in [0, 0.1) is 3.57 Å². The zero-order valence-corrected chi connectivity index (χ0v) is 8.37. The molecule has 1 rings (SSSR count). The van der Waals surface area contributed by atoms with Crippen LogP contribution in [0.4, 0.5) is 13.2 Å². The van der Waals surface area contributed by atoms with E-state index in [1.165, 1.54) is 12.3 Å². The Labute approximate surface area is 85.9 Å². The second kappa shape index (κ2) is 3.79. The lowest BCUT2D eigenvalue weighted by atomic mass is 10.2. The number of nitrogens with zero attached hydrogens (tertiary/aromatic N) is 1. The minimum absolute atomic E-state index is 0.382. The standard InChI is InChI=1S/C7H5F3INO/c8-7(9,10)6(13)5-2-1-4(11)3-12-5/h1-3,6,13H. The summed E-state index contributed by atoms with van der Waals surface area (Å²) in [5.41, 5.74) is -0.382. The van der Waals surface area contributed by atoms with Gasteiger partial charge in [0.25, 0.3) is 0 Å². The van der Waals surface area contributed by atoms with E-state index in [2.05, 4.69) is 4.98 Å². The number of hydrogen-bond donors (Lipinski definition) is 1. The summed E-state index contributed by atoms with van der Waals surface area (Å²) in [6.45, 7) is 0. The zero-order valence-electron chi connectivity index (χ0n) is 6.22. The van der Waals surface area contributed by atoms with Crippen molar-refractivity contribution in [3.63, 3.8) is 0 Å². The van der Waals surface area contributed by atoms with E-state index in [1.807, 2.05) is 22.6 Å². The second-order valence-corrected chi connectivity index (χ2v) is 3.59. The highest BCUT2D eigenvalue weighted by molar-refractivity contribution is 14.1. The van der Waals surface area contributed by atoms with Crippen LogP contribution in [0.25, 0.3) is 0 Å². The molecule has 0 bridgehead atoms. The molecule has 1 aromatic heterocycles. The van der Waals surface area contributed by atoms with Crippen LogP contribution in [0.5, 0.6) is 0 Å². The first kappa shape index (κ1) is 10.7. The van der Waals surface area contributed by atoms with Gasteiger partial charge in [0.15, 0.2) is 6.10 Å². The molecule has 13 heavy (non-hydrogen) atoms.